The number of pyridine rings is 1. The third-order valence-electron chi connectivity index (χ3n) is 4.89. The van der Waals surface area contributed by atoms with Gasteiger partial charge in [-0.2, -0.15) is 5.10 Å². The Labute approximate surface area is 139 Å². The monoisotopic (exact) mass is 329 g/mol. The summed E-state index contributed by atoms with van der Waals surface area (Å²) in [6.07, 6.45) is 6.56. The van der Waals surface area contributed by atoms with Crippen LogP contribution in [0.25, 0.3) is 0 Å². The summed E-state index contributed by atoms with van der Waals surface area (Å²) in [6.45, 7) is 1.25. The Balaban J connectivity index is 1.40. The number of nitrogens with zero attached hydrogens (tertiary/aromatic N) is 3. The molecule has 1 aliphatic carbocycles. The van der Waals surface area contributed by atoms with E-state index in [2.05, 4.69) is 20.5 Å². The molecule has 1 atom stereocenters. The number of hydrogen-bond donors (Lipinski definition) is 2. The summed E-state index contributed by atoms with van der Waals surface area (Å²) in [6, 6.07) is 3.41. The predicted octanol–water partition coefficient (Wildman–Crippen LogP) is 1.85. The number of rotatable bonds is 4. The molecule has 2 N–H and O–H groups in total. The molecule has 24 heavy (non-hydrogen) atoms. The summed E-state index contributed by atoms with van der Waals surface area (Å²) < 4.78 is 15.0. The predicted molar refractivity (Wildman–Crippen MR) is 87.2 cm³/mol. The average molecular weight is 329 g/mol. The lowest BCUT2D eigenvalue weighted by molar-refractivity contribution is -0.126. The third kappa shape index (κ3) is 2.80. The van der Waals surface area contributed by atoms with Crippen LogP contribution in [-0.2, 0) is 24.2 Å². The second-order valence-corrected chi connectivity index (χ2v) is 6.60. The van der Waals surface area contributed by atoms with E-state index in [-0.39, 0.29) is 13.0 Å². The van der Waals surface area contributed by atoms with Crippen molar-refractivity contribution in [1.29, 1.82) is 0 Å². The van der Waals surface area contributed by atoms with Gasteiger partial charge in [0.05, 0.1) is 17.6 Å². The van der Waals surface area contributed by atoms with Crippen LogP contribution in [0.2, 0.25) is 0 Å². The van der Waals surface area contributed by atoms with Crippen molar-refractivity contribution in [2.45, 2.75) is 37.9 Å². The molecule has 1 amide bonds. The minimum atomic E-state index is -1.87. The van der Waals surface area contributed by atoms with Gasteiger partial charge in [0.1, 0.15) is 0 Å². The number of likely N-dealkylation sites (tertiary alicyclic amines) is 1. The number of halogens is 1. The number of anilines is 1. The standard InChI is InChI=1S/C17H20FN5O/c18-17(16(24)20-12-3-2-7-19-9-12)6-8-23(11-17)10-15-13-4-1-5-14(13)21-22-15/h2-3,7,9H,1,4-6,8,10-11H2,(H,20,24)(H,21,22). The highest BCUT2D eigenvalue weighted by Gasteiger charge is 2.45. The molecule has 1 fully saturated rings. The zero-order chi connectivity index (χ0) is 16.6. The van der Waals surface area contributed by atoms with E-state index in [1.807, 2.05) is 4.90 Å². The molecule has 1 unspecified atom stereocenters. The van der Waals surface area contributed by atoms with E-state index in [1.54, 1.807) is 18.3 Å². The first-order valence-corrected chi connectivity index (χ1v) is 8.32. The number of hydrogen-bond acceptors (Lipinski definition) is 4. The first kappa shape index (κ1) is 15.3. The molecular formula is C17H20FN5O. The molecule has 2 aromatic heterocycles. The first-order chi connectivity index (χ1) is 11.6. The summed E-state index contributed by atoms with van der Waals surface area (Å²) in [5.41, 5.74) is 2.15. The van der Waals surface area contributed by atoms with Crippen LogP contribution < -0.4 is 5.32 Å². The summed E-state index contributed by atoms with van der Waals surface area (Å²) in [5.74, 6) is -0.592. The molecule has 0 saturated carbocycles. The first-order valence-electron chi connectivity index (χ1n) is 8.32. The van der Waals surface area contributed by atoms with Crippen LogP contribution in [0, 0.1) is 0 Å². The molecule has 4 rings (SSSR count). The molecule has 1 aliphatic heterocycles. The maximum Gasteiger partial charge on any atom is 0.263 e. The van der Waals surface area contributed by atoms with Crippen molar-refractivity contribution in [2.75, 3.05) is 18.4 Å². The Morgan fingerprint density at radius 3 is 3.21 bits per heavy atom. The molecule has 0 radical (unpaired) electrons. The maximum absolute atomic E-state index is 15.0. The summed E-state index contributed by atoms with van der Waals surface area (Å²) in [4.78, 5) is 18.2. The SMILES string of the molecule is O=C(Nc1cccnc1)C1(F)CCN(Cc2n[nH]c3c2CCC3)C1. The Kier molecular flexibility index (Phi) is 3.80. The fraction of sp³-hybridized carbons (Fsp3) is 0.471. The molecule has 0 aromatic carbocycles. The molecule has 0 bridgehead atoms. The van der Waals surface area contributed by atoms with Crippen LogP contribution in [0.15, 0.2) is 24.5 Å². The Morgan fingerprint density at radius 1 is 1.46 bits per heavy atom. The van der Waals surface area contributed by atoms with Crippen LogP contribution in [0.5, 0.6) is 0 Å². The van der Waals surface area contributed by atoms with Crippen molar-refractivity contribution in [3.63, 3.8) is 0 Å². The van der Waals surface area contributed by atoms with Gasteiger partial charge in [-0.1, -0.05) is 0 Å². The number of amides is 1. The normalized spacial score (nSPS) is 23.4. The zero-order valence-corrected chi connectivity index (χ0v) is 13.4. The van der Waals surface area contributed by atoms with Gasteiger partial charge in [-0.3, -0.25) is 19.8 Å². The molecule has 7 heteroatoms. The molecule has 1 saturated heterocycles. The summed E-state index contributed by atoms with van der Waals surface area (Å²) in [5, 5.41) is 10.1. The molecule has 126 valence electrons. The van der Waals surface area contributed by atoms with Crippen molar-refractivity contribution < 1.29 is 9.18 Å². The number of carbonyl (C=O) groups excluding carboxylic acids is 1. The van der Waals surface area contributed by atoms with E-state index in [4.69, 9.17) is 0 Å². The Bertz CT molecular complexity index is 747. The van der Waals surface area contributed by atoms with E-state index in [9.17, 15) is 4.79 Å². The highest BCUT2D eigenvalue weighted by molar-refractivity contribution is 5.97. The van der Waals surface area contributed by atoms with Gasteiger partial charge in [-0.05, 0) is 37.0 Å². The second-order valence-electron chi connectivity index (χ2n) is 6.60. The van der Waals surface area contributed by atoms with Gasteiger partial charge in [0.2, 0.25) is 5.67 Å². The van der Waals surface area contributed by atoms with Gasteiger partial charge in [0, 0.05) is 37.9 Å². The van der Waals surface area contributed by atoms with E-state index >= 15 is 4.39 Å². The number of carbonyl (C=O) groups is 1. The van der Waals surface area contributed by atoms with E-state index < -0.39 is 11.6 Å². The van der Waals surface area contributed by atoms with Crippen molar-refractivity contribution >= 4 is 11.6 Å². The summed E-state index contributed by atoms with van der Waals surface area (Å²) in [7, 11) is 0. The third-order valence-corrected chi connectivity index (χ3v) is 4.89. The lowest BCUT2D eigenvalue weighted by Crippen LogP contribution is -2.41. The molecule has 6 nitrogen and oxygen atoms in total. The number of nitrogens with one attached hydrogen (secondary N) is 2. The zero-order valence-electron chi connectivity index (χ0n) is 13.4. The fourth-order valence-corrected chi connectivity index (χ4v) is 3.58. The van der Waals surface area contributed by atoms with Crippen LogP contribution in [0.1, 0.15) is 29.8 Å². The summed E-state index contributed by atoms with van der Waals surface area (Å²) >= 11 is 0. The number of H-pyrrole nitrogens is 1. The quantitative estimate of drug-likeness (QED) is 0.898. The fourth-order valence-electron chi connectivity index (χ4n) is 3.58. The van der Waals surface area contributed by atoms with Gasteiger partial charge in [0.15, 0.2) is 0 Å². The van der Waals surface area contributed by atoms with E-state index in [0.717, 1.165) is 25.0 Å². The highest BCUT2D eigenvalue weighted by atomic mass is 19.1. The molecule has 2 aromatic rings. The van der Waals surface area contributed by atoms with Gasteiger partial charge in [-0.15, -0.1) is 0 Å². The van der Waals surface area contributed by atoms with Crippen LogP contribution in [0.3, 0.4) is 0 Å². The van der Waals surface area contributed by atoms with Crippen molar-refractivity contribution in [2.24, 2.45) is 0 Å². The number of aromatic nitrogens is 3. The van der Waals surface area contributed by atoms with Crippen LogP contribution in [0.4, 0.5) is 10.1 Å². The van der Waals surface area contributed by atoms with Crippen LogP contribution >= 0.6 is 0 Å². The number of alkyl halides is 1. The van der Waals surface area contributed by atoms with Crippen molar-refractivity contribution in [3.05, 3.63) is 41.5 Å². The molecule has 0 spiro atoms. The van der Waals surface area contributed by atoms with Gasteiger partial charge in [-0.25, -0.2) is 4.39 Å². The highest BCUT2D eigenvalue weighted by Crippen LogP contribution is 2.30. The van der Waals surface area contributed by atoms with Crippen molar-refractivity contribution in [3.8, 4) is 0 Å². The lowest BCUT2D eigenvalue weighted by atomic mass is 10.0. The minimum absolute atomic E-state index is 0.0979. The number of aryl methyl sites for hydroxylation is 1. The van der Waals surface area contributed by atoms with E-state index in [1.165, 1.54) is 17.5 Å². The Morgan fingerprint density at radius 2 is 2.38 bits per heavy atom. The van der Waals surface area contributed by atoms with Crippen LogP contribution in [-0.4, -0.2) is 44.7 Å². The van der Waals surface area contributed by atoms with Gasteiger partial charge >= 0.3 is 0 Å². The second kappa shape index (κ2) is 5.98. The maximum atomic E-state index is 15.0. The number of fused-ring (bicyclic) bond motifs is 1. The molecule has 3 heterocycles. The van der Waals surface area contributed by atoms with E-state index in [0.29, 0.717) is 18.8 Å². The minimum Gasteiger partial charge on any atom is -0.322 e. The van der Waals surface area contributed by atoms with Crippen molar-refractivity contribution in [1.82, 2.24) is 20.1 Å². The Hall–Kier alpha value is -2.28. The average Bonchev–Trinajstić information content (AvgIpc) is 3.27. The lowest BCUT2D eigenvalue weighted by Gasteiger charge is -2.20. The number of aromatic amines is 1. The smallest absolute Gasteiger partial charge is 0.263 e. The molecule has 2 aliphatic rings. The molecular weight excluding hydrogens is 309 g/mol. The van der Waals surface area contributed by atoms with Gasteiger partial charge < -0.3 is 5.32 Å². The topological polar surface area (TPSA) is 73.9 Å². The van der Waals surface area contributed by atoms with Gasteiger partial charge in [0.25, 0.3) is 5.91 Å². The largest absolute Gasteiger partial charge is 0.322 e.